The molecule has 2 aromatic heterocycles. The zero-order valence-corrected chi connectivity index (χ0v) is 15.5. The highest BCUT2D eigenvalue weighted by molar-refractivity contribution is 7.17. The fraction of sp³-hybridized carbons (Fsp3) is 0.174. The lowest BCUT2D eigenvalue weighted by molar-refractivity contribution is 0.762. The van der Waals surface area contributed by atoms with E-state index in [-0.39, 0.29) is 0 Å². The van der Waals surface area contributed by atoms with Gasteiger partial charge >= 0.3 is 0 Å². The predicted molar refractivity (Wildman–Crippen MR) is 113 cm³/mol. The van der Waals surface area contributed by atoms with Crippen molar-refractivity contribution in [1.82, 2.24) is 4.98 Å². The number of aromatic nitrogens is 1. The van der Waals surface area contributed by atoms with E-state index in [0.29, 0.717) is 0 Å². The molecule has 0 aliphatic heterocycles. The Labute approximate surface area is 158 Å². The third-order valence-corrected chi connectivity index (χ3v) is 5.55. The van der Waals surface area contributed by atoms with Crippen molar-refractivity contribution < 1.29 is 0 Å². The molecule has 2 heterocycles. The van der Waals surface area contributed by atoms with Crippen molar-refractivity contribution in [2.24, 2.45) is 0 Å². The van der Waals surface area contributed by atoms with Crippen LogP contribution in [0.4, 0.5) is 5.82 Å². The first-order valence-corrected chi connectivity index (χ1v) is 9.99. The first-order chi connectivity index (χ1) is 12.9. The lowest BCUT2D eigenvalue weighted by Crippen LogP contribution is -2.04. The van der Waals surface area contributed by atoms with Gasteiger partial charge in [0.15, 0.2) is 0 Å². The van der Waals surface area contributed by atoms with Gasteiger partial charge in [0.05, 0.1) is 0 Å². The van der Waals surface area contributed by atoms with Crippen molar-refractivity contribution in [3.05, 3.63) is 83.9 Å². The van der Waals surface area contributed by atoms with Crippen molar-refractivity contribution in [2.75, 3.05) is 11.9 Å². The molecule has 0 spiro atoms. The number of rotatable bonds is 7. The summed E-state index contributed by atoms with van der Waals surface area (Å²) in [6.07, 6.45) is 5.35. The number of aryl methyl sites for hydroxylation is 1. The van der Waals surface area contributed by atoms with Crippen LogP contribution in [0.2, 0.25) is 0 Å². The Kier molecular flexibility index (Phi) is 5.27. The number of hydrogen-bond donors (Lipinski definition) is 1. The van der Waals surface area contributed by atoms with Crippen LogP contribution >= 0.6 is 11.3 Å². The molecule has 4 aromatic rings. The molecular weight excluding hydrogens is 336 g/mol. The van der Waals surface area contributed by atoms with E-state index in [9.17, 15) is 0 Å². The van der Waals surface area contributed by atoms with Gasteiger partial charge in [-0.3, -0.25) is 0 Å². The highest BCUT2D eigenvalue weighted by Crippen LogP contribution is 2.37. The van der Waals surface area contributed by atoms with Crippen LogP contribution < -0.4 is 5.32 Å². The van der Waals surface area contributed by atoms with Gasteiger partial charge in [0, 0.05) is 28.4 Å². The average Bonchev–Trinajstić information content (AvgIpc) is 3.14. The van der Waals surface area contributed by atoms with Gasteiger partial charge in [-0.1, -0.05) is 60.7 Å². The van der Waals surface area contributed by atoms with Crippen molar-refractivity contribution >= 4 is 27.2 Å². The van der Waals surface area contributed by atoms with Gasteiger partial charge in [0.2, 0.25) is 0 Å². The number of unbranched alkanes of at least 4 members (excludes halogenated alkanes) is 1. The molecule has 2 aromatic carbocycles. The third-order valence-electron chi connectivity index (χ3n) is 4.60. The summed E-state index contributed by atoms with van der Waals surface area (Å²) in [7, 11) is 0. The molecule has 0 saturated heterocycles. The van der Waals surface area contributed by atoms with E-state index in [1.54, 1.807) is 11.3 Å². The number of pyridine rings is 1. The normalized spacial score (nSPS) is 10.9. The second-order valence-electron chi connectivity index (χ2n) is 6.42. The summed E-state index contributed by atoms with van der Waals surface area (Å²) in [6, 6.07) is 23.4. The number of nitrogens with zero attached hydrogens (tertiary/aromatic N) is 1. The Morgan fingerprint density at radius 3 is 2.42 bits per heavy atom. The maximum atomic E-state index is 4.62. The number of benzene rings is 2. The Bertz CT molecular complexity index is 961. The van der Waals surface area contributed by atoms with E-state index in [1.807, 2.05) is 6.20 Å². The smallest absolute Gasteiger partial charge is 0.135 e. The number of nitrogens with one attached hydrogen (secondary N) is 1. The number of thiophene rings is 1. The Morgan fingerprint density at radius 2 is 1.62 bits per heavy atom. The van der Waals surface area contributed by atoms with E-state index in [1.165, 1.54) is 33.2 Å². The molecule has 0 fully saturated rings. The summed E-state index contributed by atoms with van der Waals surface area (Å²) >= 11 is 1.78. The van der Waals surface area contributed by atoms with E-state index < -0.39 is 0 Å². The Morgan fingerprint density at radius 1 is 0.846 bits per heavy atom. The molecule has 3 heteroatoms. The minimum atomic E-state index is 0.947. The standard InChI is InChI=1S/C23H22N2S/c1-3-9-18(10-4-1)11-7-8-15-24-23-22-20(19-12-5-2-6-13-19)17-26-21(22)14-16-25-23/h1-6,9-10,12-14,16-17H,7-8,11,15H2,(H,24,25). The SMILES string of the molecule is c1ccc(CCCCNc2nccc3scc(-c4ccccc4)c23)cc1. The van der Waals surface area contributed by atoms with E-state index in [2.05, 4.69) is 82.4 Å². The lowest BCUT2D eigenvalue weighted by Gasteiger charge is -2.09. The summed E-state index contributed by atoms with van der Waals surface area (Å²) in [4.78, 5) is 4.62. The van der Waals surface area contributed by atoms with Gasteiger partial charge in [-0.15, -0.1) is 11.3 Å². The third kappa shape index (κ3) is 3.78. The summed E-state index contributed by atoms with van der Waals surface area (Å²) < 4.78 is 1.28. The van der Waals surface area contributed by atoms with Gasteiger partial charge in [-0.2, -0.15) is 0 Å². The van der Waals surface area contributed by atoms with Crippen molar-refractivity contribution in [3.8, 4) is 11.1 Å². The molecule has 2 nitrogen and oxygen atoms in total. The molecule has 0 saturated carbocycles. The van der Waals surface area contributed by atoms with Crippen molar-refractivity contribution in [3.63, 3.8) is 0 Å². The minimum Gasteiger partial charge on any atom is -0.370 e. The zero-order valence-electron chi connectivity index (χ0n) is 14.7. The Hall–Kier alpha value is -2.65. The van der Waals surface area contributed by atoms with Crippen LogP contribution in [-0.2, 0) is 6.42 Å². The summed E-state index contributed by atoms with van der Waals surface area (Å²) in [5.74, 6) is 1.00. The number of fused-ring (bicyclic) bond motifs is 1. The first-order valence-electron chi connectivity index (χ1n) is 9.11. The van der Waals surface area contributed by atoms with Crippen LogP contribution in [0.15, 0.2) is 78.3 Å². The van der Waals surface area contributed by atoms with Crippen molar-refractivity contribution in [1.29, 1.82) is 0 Å². The molecule has 1 N–H and O–H groups in total. The lowest BCUT2D eigenvalue weighted by atomic mass is 10.1. The zero-order chi connectivity index (χ0) is 17.6. The Balaban J connectivity index is 1.44. The fourth-order valence-electron chi connectivity index (χ4n) is 3.25. The topological polar surface area (TPSA) is 24.9 Å². The highest BCUT2D eigenvalue weighted by atomic mass is 32.1. The number of hydrogen-bond acceptors (Lipinski definition) is 3. The van der Waals surface area contributed by atoms with Crippen LogP contribution in [0.3, 0.4) is 0 Å². The second kappa shape index (κ2) is 8.15. The molecule has 26 heavy (non-hydrogen) atoms. The summed E-state index contributed by atoms with van der Waals surface area (Å²) in [5, 5.41) is 7.05. The van der Waals surface area contributed by atoms with Gasteiger partial charge in [0.25, 0.3) is 0 Å². The van der Waals surface area contributed by atoms with Crippen molar-refractivity contribution in [2.45, 2.75) is 19.3 Å². The van der Waals surface area contributed by atoms with Crippen LogP contribution in [0.25, 0.3) is 21.2 Å². The van der Waals surface area contributed by atoms with Gasteiger partial charge in [0.1, 0.15) is 5.82 Å². The maximum absolute atomic E-state index is 4.62. The largest absolute Gasteiger partial charge is 0.370 e. The molecular formula is C23H22N2S. The van der Waals surface area contributed by atoms with Crippen LogP contribution in [-0.4, -0.2) is 11.5 Å². The number of anilines is 1. The average molecular weight is 359 g/mol. The molecule has 130 valence electrons. The molecule has 0 radical (unpaired) electrons. The fourth-order valence-corrected chi connectivity index (χ4v) is 4.22. The van der Waals surface area contributed by atoms with Crippen LogP contribution in [0, 0.1) is 0 Å². The molecule has 0 aliphatic carbocycles. The highest BCUT2D eigenvalue weighted by Gasteiger charge is 2.11. The minimum absolute atomic E-state index is 0.947. The molecule has 0 aliphatic rings. The predicted octanol–water partition coefficient (Wildman–Crippen LogP) is 6.40. The van der Waals surface area contributed by atoms with Gasteiger partial charge in [-0.05, 0) is 41.8 Å². The molecule has 4 rings (SSSR count). The van der Waals surface area contributed by atoms with Crippen LogP contribution in [0.1, 0.15) is 18.4 Å². The molecule has 0 atom stereocenters. The quantitative estimate of drug-likeness (QED) is 0.387. The van der Waals surface area contributed by atoms with Crippen LogP contribution in [0.5, 0.6) is 0 Å². The van der Waals surface area contributed by atoms with E-state index in [0.717, 1.165) is 25.2 Å². The molecule has 0 amide bonds. The second-order valence-corrected chi connectivity index (χ2v) is 7.33. The maximum Gasteiger partial charge on any atom is 0.135 e. The van der Waals surface area contributed by atoms with E-state index >= 15 is 0 Å². The molecule has 0 unspecified atom stereocenters. The van der Waals surface area contributed by atoms with Gasteiger partial charge < -0.3 is 5.32 Å². The summed E-state index contributed by atoms with van der Waals surface area (Å²) in [6.45, 7) is 0.947. The van der Waals surface area contributed by atoms with E-state index in [4.69, 9.17) is 0 Å². The first kappa shape index (κ1) is 16.8. The van der Waals surface area contributed by atoms with Gasteiger partial charge in [-0.25, -0.2) is 4.98 Å². The monoisotopic (exact) mass is 358 g/mol. The molecule has 0 bridgehead atoms. The summed E-state index contributed by atoms with van der Waals surface area (Å²) in [5.41, 5.74) is 3.93.